The molecule has 0 aliphatic rings. The molecule has 0 aromatic heterocycles. The Morgan fingerprint density at radius 1 is 1.35 bits per heavy atom. The number of anilines is 1. The van der Waals surface area contributed by atoms with Gasteiger partial charge >= 0.3 is 0 Å². The molecular weight excluding hydrogens is 252 g/mol. The maximum Gasteiger partial charge on any atom is 0.251 e. The van der Waals surface area contributed by atoms with Crippen LogP contribution < -0.4 is 10.6 Å². The first-order valence-electron chi connectivity index (χ1n) is 6.70. The molecule has 0 saturated carbocycles. The van der Waals surface area contributed by atoms with E-state index < -0.39 is 0 Å². The lowest BCUT2D eigenvalue weighted by atomic mass is 10.0. The molecule has 20 heavy (non-hydrogen) atoms. The third-order valence-electron chi connectivity index (χ3n) is 2.78. The Hall–Kier alpha value is -2.28. The standard InChI is InChI=1S/C16H20N2O2/c1-4-6-10-17-16(20)15-11-14(18-12(3)19)9-8-13(15)7-5-2/h2,8-9,11H,4,6-7,10H2,1,3H3,(H,17,20)(H,18,19). The largest absolute Gasteiger partial charge is 0.352 e. The minimum atomic E-state index is -0.174. The second kappa shape index (κ2) is 8.00. The number of hydrogen-bond acceptors (Lipinski definition) is 2. The quantitative estimate of drug-likeness (QED) is 0.617. The predicted molar refractivity (Wildman–Crippen MR) is 80.5 cm³/mol. The number of benzene rings is 1. The summed E-state index contributed by atoms with van der Waals surface area (Å²) in [6, 6.07) is 5.19. The van der Waals surface area contributed by atoms with Gasteiger partial charge in [-0.25, -0.2) is 0 Å². The highest BCUT2D eigenvalue weighted by atomic mass is 16.2. The smallest absolute Gasteiger partial charge is 0.251 e. The Labute approximate surface area is 120 Å². The third-order valence-corrected chi connectivity index (χ3v) is 2.78. The first-order valence-corrected chi connectivity index (χ1v) is 6.70. The van der Waals surface area contributed by atoms with Gasteiger partial charge in [-0.15, -0.1) is 12.3 Å². The van der Waals surface area contributed by atoms with Crippen LogP contribution in [0.5, 0.6) is 0 Å². The number of carbonyl (C=O) groups is 2. The van der Waals surface area contributed by atoms with E-state index in [1.807, 2.05) is 0 Å². The van der Waals surface area contributed by atoms with Gasteiger partial charge in [-0.1, -0.05) is 19.4 Å². The number of rotatable bonds is 6. The van der Waals surface area contributed by atoms with Crippen molar-refractivity contribution in [3.05, 3.63) is 29.3 Å². The lowest BCUT2D eigenvalue weighted by Gasteiger charge is -2.11. The summed E-state index contributed by atoms with van der Waals surface area (Å²) in [5.41, 5.74) is 1.90. The van der Waals surface area contributed by atoms with Crippen molar-refractivity contribution in [2.45, 2.75) is 33.1 Å². The van der Waals surface area contributed by atoms with E-state index >= 15 is 0 Å². The summed E-state index contributed by atoms with van der Waals surface area (Å²) in [5, 5.41) is 5.53. The van der Waals surface area contributed by atoms with Gasteiger partial charge in [0.2, 0.25) is 5.91 Å². The minimum Gasteiger partial charge on any atom is -0.352 e. The van der Waals surface area contributed by atoms with Crippen molar-refractivity contribution in [2.24, 2.45) is 0 Å². The van der Waals surface area contributed by atoms with E-state index in [-0.39, 0.29) is 11.8 Å². The maximum absolute atomic E-state index is 12.2. The molecule has 0 unspecified atom stereocenters. The van der Waals surface area contributed by atoms with Crippen LogP contribution in [0, 0.1) is 12.3 Å². The normalized spacial score (nSPS) is 9.65. The third kappa shape index (κ3) is 4.77. The number of unbranched alkanes of at least 4 members (excludes halogenated alkanes) is 1. The zero-order chi connectivity index (χ0) is 15.0. The molecule has 106 valence electrons. The van der Waals surface area contributed by atoms with Crippen LogP contribution in [0.4, 0.5) is 5.69 Å². The molecule has 2 amide bonds. The summed E-state index contributed by atoms with van der Waals surface area (Å²) < 4.78 is 0. The first kappa shape index (κ1) is 15.8. The second-order valence-electron chi connectivity index (χ2n) is 4.54. The van der Waals surface area contributed by atoms with Gasteiger partial charge in [-0.05, 0) is 24.1 Å². The van der Waals surface area contributed by atoms with Gasteiger partial charge in [0.25, 0.3) is 5.91 Å². The molecule has 1 rings (SSSR count). The van der Waals surface area contributed by atoms with Gasteiger partial charge in [0.1, 0.15) is 0 Å². The summed E-state index contributed by atoms with van der Waals surface area (Å²) in [4.78, 5) is 23.2. The van der Waals surface area contributed by atoms with Crippen molar-refractivity contribution in [1.82, 2.24) is 5.32 Å². The van der Waals surface area contributed by atoms with E-state index in [0.29, 0.717) is 24.2 Å². The number of hydrogen-bond donors (Lipinski definition) is 2. The zero-order valence-electron chi connectivity index (χ0n) is 12.0. The molecule has 0 atom stereocenters. The molecule has 0 fully saturated rings. The summed E-state index contributed by atoms with van der Waals surface area (Å²) in [6.45, 7) is 4.12. The summed E-state index contributed by atoms with van der Waals surface area (Å²) in [6.07, 6.45) is 7.65. The first-order chi connectivity index (χ1) is 9.58. The summed E-state index contributed by atoms with van der Waals surface area (Å²) in [7, 11) is 0. The molecular formula is C16H20N2O2. The van der Waals surface area contributed by atoms with Crippen LogP contribution in [-0.4, -0.2) is 18.4 Å². The Balaban J connectivity index is 2.96. The van der Waals surface area contributed by atoms with E-state index in [1.165, 1.54) is 6.92 Å². The fourth-order valence-corrected chi connectivity index (χ4v) is 1.81. The second-order valence-corrected chi connectivity index (χ2v) is 4.54. The zero-order valence-corrected chi connectivity index (χ0v) is 12.0. The number of terminal acetylenes is 1. The number of nitrogens with one attached hydrogen (secondary N) is 2. The molecule has 0 heterocycles. The Bertz CT molecular complexity index is 530. The average molecular weight is 272 g/mol. The number of amides is 2. The molecule has 0 bridgehead atoms. The molecule has 0 aliphatic carbocycles. The molecule has 1 aromatic rings. The van der Waals surface area contributed by atoms with Gasteiger partial charge in [0.05, 0.1) is 0 Å². The van der Waals surface area contributed by atoms with Gasteiger partial charge < -0.3 is 10.6 Å². The summed E-state index contributed by atoms with van der Waals surface area (Å²) >= 11 is 0. The topological polar surface area (TPSA) is 58.2 Å². The highest BCUT2D eigenvalue weighted by molar-refractivity contribution is 5.98. The summed E-state index contributed by atoms with van der Waals surface area (Å²) in [5.74, 6) is 2.21. The molecule has 0 spiro atoms. The fraction of sp³-hybridized carbons (Fsp3) is 0.375. The molecule has 4 heteroatoms. The fourth-order valence-electron chi connectivity index (χ4n) is 1.81. The Kier molecular flexibility index (Phi) is 6.31. The van der Waals surface area contributed by atoms with Crippen LogP contribution in [0.1, 0.15) is 42.6 Å². The van der Waals surface area contributed by atoms with Crippen molar-refractivity contribution in [2.75, 3.05) is 11.9 Å². The van der Waals surface area contributed by atoms with Gasteiger partial charge in [-0.3, -0.25) is 9.59 Å². The molecule has 1 aromatic carbocycles. The lowest BCUT2D eigenvalue weighted by Crippen LogP contribution is -2.25. The Morgan fingerprint density at radius 2 is 2.10 bits per heavy atom. The van der Waals surface area contributed by atoms with Crippen LogP contribution in [0.2, 0.25) is 0 Å². The monoisotopic (exact) mass is 272 g/mol. The van der Waals surface area contributed by atoms with Crippen molar-refractivity contribution in [3.63, 3.8) is 0 Å². The molecule has 0 aliphatic heterocycles. The molecule has 4 nitrogen and oxygen atoms in total. The van der Waals surface area contributed by atoms with Crippen LogP contribution >= 0.6 is 0 Å². The minimum absolute atomic E-state index is 0.157. The average Bonchev–Trinajstić information content (AvgIpc) is 2.40. The van der Waals surface area contributed by atoms with Gasteiger partial charge in [-0.2, -0.15) is 0 Å². The Morgan fingerprint density at radius 3 is 2.70 bits per heavy atom. The van der Waals surface area contributed by atoms with E-state index in [9.17, 15) is 9.59 Å². The van der Waals surface area contributed by atoms with Crippen LogP contribution in [-0.2, 0) is 11.2 Å². The lowest BCUT2D eigenvalue weighted by molar-refractivity contribution is -0.114. The molecule has 0 radical (unpaired) electrons. The highest BCUT2D eigenvalue weighted by Gasteiger charge is 2.11. The van der Waals surface area contributed by atoms with E-state index in [0.717, 1.165) is 18.4 Å². The number of carbonyl (C=O) groups excluding carboxylic acids is 2. The highest BCUT2D eigenvalue weighted by Crippen LogP contribution is 2.17. The van der Waals surface area contributed by atoms with Gasteiger partial charge in [0.15, 0.2) is 0 Å². The maximum atomic E-state index is 12.2. The molecule has 0 saturated heterocycles. The molecule has 2 N–H and O–H groups in total. The van der Waals surface area contributed by atoms with Crippen molar-refractivity contribution in [3.8, 4) is 12.3 Å². The SMILES string of the molecule is C#CCc1ccc(NC(C)=O)cc1C(=O)NCCCC. The van der Waals surface area contributed by atoms with Gasteiger partial charge in [0, 0.05) is 31.1 Å². The van der Waals surface area contributed by atoms with E-state index in [2.05, 4.69) is 23.5 Å². The van der Waals surface area contributed by atoms with Crippen molar-refractivity contribution < 1.29 is 9.59 Å². The van der Waals surface area contributed by atoms with E-state index in [1.54, 1.807) is 18.2 Å². The van der Waals surface area contributed by atoms with Crippen LogP contribution in [0.25, 0.3) is 0 Å². The van der Waals surface area contributed by atoms with Crippen molar-refractivity contribution >= 4 is 17.5 Å². The predicted octanol–water partition coefficient (Wildman–Crippen LogP) is 2.35. The van der Waals surface area contributed by atoms with Crippen LogP contribution in [0.3, 0.4) is 0 Å². The van der Waals surface area contributed by atoms with Crippen LogP contribution in [0.15, 0.2) is 18.2 Å². The van der Waals surface area contributed by atoms with Crippen molar-refractivity contribution in [1.29, 1.82) is 0 Å². The van der Waals surface area contributed by atoms with E-state index in [4.69, 9.17) is 6.42 Å².